The van der Waals surface area contributed by atoms with Crippen LogP contribution >= 0.6 is 0 Å². The van der Waals surface area contributed by atoms with E-state index in [9.17, 15) is 9.59 Å². The smallest absolute Gasteiger partial charge is 0.254 e. The monoisotopic (exact) mass is 220 g/mol. The van der Waals surface area contributed by atoms with Gasteiger partial charge in [0.25, 0.3) is 5.56 Å². The maximum absolute atomic E-state index is 11.6. The van der Waals surface area contributed by atoms with Gasteiger partial charge in [0.05, 0.1) is 0 Å². The topological polar surface area (TPSA) is 92.1 Å². The van der Waals surface area contributed by atoms with Crippen molar-refractivity contribution in [3.8, 4) is 0 Å². The lowest BCUT2D eigenvalue weighted by atomic mass is 10.1. The van der Waals surface area contributed by atoms with Gasteiger partial charge in [0.15, 0.2) is 0 Å². The number of rotatable bonds is 2. The number of H-pyrrole nitrogens is 1. The van der Waals surface area contributed by atoms with E-state index in [2.05, 4.69) is 16.5 Å². The Kier molecular flexibility index (Phi) is 2.47. The third-order valence-electron chi connectivity index (χ3n) is 2.49. The van der Waals surface area contributed by atoms with Gasteiger partial charge >= 0.3 is 0 Å². The average Bonchev–Trinajstić information content (AvgIpc) is 2.58. The van der Waals surface area contributed by atoms with Crippen LogP contribution in [0.1, 0.15) is 6.42 Å². The molecule has 84 valence electrons. The van der Waals surface area contributed by atoms with Crippen molar-refractivity contribution in [2.24, 2.45) is 5.92 Å². The third-order valence-corrected chi connectivity index (χ3v) is 2.49. The lowest BCUT2D eigenvalue weighted by Gasteiger charge is -2.14. The molecule has 1 aromatic rings. The Hall–Kier alpha value is -2.11. The van der Waals surface area contributed by atoms with Gasteiger partial charge in [-0.05, 0) is 0 Å². The van der Waals surface area contributed by atoms with Gasteiger partial charge in [0.2, 0.25) is 11.9 Å². The minimum Gasteiger partial charge on any atom is -0.383 e. The fourth-order valence-corrected chi connectivity index (χ4v) is 1.69. The van der Waals surface area contributed by atoms with Gasteiger partial charge in [-0.25, -0.2) is 0 Å². The summed E-state index contributed by atoms with van der Waals surface area (Å²) < 4.78 is 0. The average molecular weight is 220 g/mol. The minimum atomic E-state index is -0.364. The van der Waals surface area contributed by atoms with Crippen molar-refractivity contribution in [2.45, 2.75) is 6.42 Å². The molecule has 1 aliphatic rings. The number of anilines is 2. The predicted molar refractivity (Wildman–Crippen MR) is 59.9 cm³/mol. The van der Waals surface area contributed by atoms with Gasteiger partial charge in [-0.2, -0.15) is 4.98 Å². The number of hydrogen-bond donors (Lipinski definition) is 2. The molecule has 1 fully saturated rings. The molecule has 1 aliphatic heterocycles. The number of nitrogens with two attached hydrogens (primary N) is 1. The van der Waals surface area contributed by atoms with Gasteiger partial charge in [0, 0.05) is 24.9 Å². The van der Waals surface area contributed by atoms with E-state index in [0.29, 0.717) is 13.0 Å². The highest BCUT2D eigenvalue weighted by Gasteiger charge is 2.30. The molecule has 0 saturated carbocycles. The first kappa shape index (κ1) is 10.4. The second-order valence-electron chi connectivity index (χ2n) is 3.70. The van der Waals surface area contributed by atoms with E-state index >= 15 is 0 Å². The molecule has 16 heavy (non-hydrogen) atoms. The number of amides is 1. The van der Waals surface area contributed by atoms with Crippen LogP contribution in [0.2, 0.25) is 0 Å². The molecule has 0 spiro atoms. The summed E-state index contributed by atoms with van der Waals surface area (Å²) in [4.78, 5) is 30.7. The normalized spacial score (nSPS) is 20.1. The van der Waals surface area contributed by atoms with E-state index in [0.717, 1.165) is 0 Å². The highest BCUT2D eigenvalue weighted by molar-refractivity contribution is 5.94. The maximum atomic E-state index is 11.6. The molecule has 1 amide bonds. The van der Waals surface area contributed by atoms with Gasteiger partial charge in [-0.1, -0.05) is 6.08 Å². The van der Waals surface area contributed by atoms with Crippen molar-refractivity contribution in [1.82, 2.24) is 9.97 Å². The number of nitrogens with one attached hydrogen (secondary N) is 1. The number of aromatic nitrogens is 2. The van der Waals surface area contributed by atoms with E-state index in [1.807, 2.05) is 0 Å². The van der Waals surface area contributed by atoms with Crippen molar-refractivity contribution in [3.63, 3.8) is 0 Å². The Labute approximate surface area is 91.8 Å². The molecule has 6 heteroatoms. The fraction of sp³-hybridized carbons (Fsp3) is 0.300. The van der Waals surface area contributed by atoms with Crippen LogP contribution in [0.3, 0.4) is 0 Å². The van der Waals surface area contributed by atoms with Crippen LogP contribution in [-0.2, 0) is 4.79 Å². The molecule has 0 aliphatic carbocycles. The molecule has 3 N–H and O–H groups in total. The van der Waals surface area contributed by atoms with Crippen LogP contribution in [0.15, 0.2) is 23.5 Å². The van der Waals surface area contributed by atoms with Crippen LogP contribution < -0.4 is 16.2 Å². The summed E-state index contributed by atoms with van der Waals surface area (Å²) in [6, 6.07) is 1.18. The van der Waals surface area contributed by atoms with Crippen molar-refractivity contribution >= 4 is 17.7 Å². The first-order valence-electron chi connectivity index (χ1n) is 4.90. The van der Waals surface area contributed by atoms with Gasteiger partial charge in [-0.15, -0.1) is 6.58 Å². The Morgan fingerprint density at radius 1 is 1.62 bits per heavy atom. The molecule has 0 aromatic carbocycles. The summed E-state index contributed by atoms with van der Waals surface area (Å²) in [7, 11) is 0. The summed E-state index contributed by atoms with van der Waals surface area (Å²) in [5, 5.41) is 0. The number of nitrogen functional groups attached to an aromatic ring is 1. The van der Waals surface area contributed by atoms with Crippen LogP contribution in [0.5, 0.6) is 0 Å². The van der Waals surface area contributed by atoms with Gasteiger partial charge < -0.3 is 5.73 Å². The van der Waals surface area contributed by atoms with E-state index in [-0.39, 0.29) is 29.2 Å². The largest absolute Gasteiger partial charge is 0.383 e. The molecular weight excluding hydrogens is 208 g/mol. The predicted octanol–water partition coefficient (Wildman–Crippen LogP) is -0.109. The molecule has 2 rings (SSSR count). The van der Waals surface area contributed by atoms with E-state index in [4.69, 9.17) is 5.73 Å². The molecule has 0 radical (unpaired) electrons. The quantitative estimate of drug-likeness (QED) is 0.680. The number of nitrogens with zero attached hydrogens (tertiary/aromatic N) is 2. The van der Waals surface area contributed by atoms with Crippen LogP contribution in [0.4, 0.5) is 11.8 Å². The number of carbonyl (C=O) groups excluding carboxylic acids is 1. The van der Waals surface area contributed by atoms with Crippen molar-refractivity contribution in [2.75, 3.05) is 17.2 Å². The summed E-state index contributed by atoms with van der Waals surface area (Å²) in [6.45, 7) is 4.13. The summed E-state index contributed by atoms with van der Waals surface area (Å²) >= 11 is 0. The van der Waals surface area contributed by atoms with Crippen LogP contribution in [-0.4, -0.2) is 22.4 Å². The molecule has 6 nitrogen and oxygen atoms in total. The molecule has 1 atom stereocenters. The van der Waals surface area contributed by atoms with Crippen LogP contribution in [0, 0.1) is 5.92 Å². The SMILES string of the molecule is C=CC1CC(=O)N(c2nc(N)cc(=O)[nH]2)C1. The Morgan fingerprint density at radius 2 is 2.38 bits per heavy atom. The summed E-state index contributed by atoms with van der Waals surface area (Å²) in [6.07, 6.45) is 2.12. The number of carbonyl (C=O) groups is 1. The Bertz CT molecular complexity index is 494. The molecule has 1 aromatic heterocycles. The standard InChI is InChI=1S/C10H12N4O2/c1-2-6-3-9(16)14(5-6)10-12-7(11)4-8(15)13-10/h2,4,6H,1,3,5H2,(H3,11,12,13,15). The second-order valence-corrected chi connectivity index (χ2v) is 3.70. The summed E-state index contributed by atoms with van der Waals surface area (Å²) in [5.41, 5.74) is 5.09. The zero-order chi connectivity index (χ0) is 11.7. The minimum absolute atomic E-state index is 0.0846. The second kappa shape index (κ2) is 3.80. The number of aromatic amines is 1. The molecule has 1 unspecified atom stereocenters. The molecule has 1 saturated heterocycles. The third kappa shape index (κ3) is 1.81. The van der Waals surface area contributed by atoms with Crippen molar-refractivity contribution in [3.05, 3.63) is 29.1 Å². The number of hydrogen-bond acceptors (Lipinski definition) is 4. The van der Waals surface area contributed by atoms with Crippen molar-refractivity contribution < 1.29 is 4.79 Å². The van der Waals surface area contributed by atoms with E-state index in [1.54, 1.807) is 6.08 Å². The van der Waals surface area contributed by atoms with Gasteiger partial charge in [0.1, 0.15) is 5.82 Å². The first-order valence-corrected chi connectivity index (χ1v) is 4.90. The highest BCUT2D eigenvalue weighted by atomic mass is 16.2. The lowest BCUT2D eigenvalue weighted by molar-refractivity contribution is -0.117. The Balaban J connectivity index is 2.34. The van der Waals surface area contributed by atoms with E-state index in [1.165, 1.54) is 11.0 Å². The zero-order valence-electron chi connectivity index (χ0n) is 8.64. The molecular formula is C10H12N4O2. The lowest BCUT2D eigenvalue weighted by Crippen LogP contribution is -2.28. The molecule has 0 bridgehead atoms. The van der Waals surface area contributed by atoms with Crippen molar-refractivity contribution in [1.29, 1.82) is 0 Å². The fourth-order valence-electron chi connectivity index (χ4n) is 1.69. The first-order chi connectivity index (χ1) is 7.60. The zero-order valence-corrected chi connectivity index (χ0v) is 8.64. The highest BCUT2D eigenvalue weighted by Crippen LogP contribution is 2.22. The maximum Gasteiger partial charge on any atom is 0.254 e. The molecule has 2 heterocycles. The van der Waals surface area contributed by atoms with E-state index < -0.39 is 0 Å². The van der Waals surface area contributed by atoms with Crippen LogP contribution in [0.25, 0.3) is 0 Å². The summed E-state index contributed by atoms with van der Waals surface area (Å²) in [5.74, 6) is 0.325. The Morgan fingerprint density at radius 3 is 2.94 bits per heavy atom. The van der Waals surface area contributed by atoms with Gasteiger partial charge in [-0.3, -0.25) is 19.5 Å².